The zero-order valence-corrected chi connectivity index (χ0v) is 12.1. The molecule has 2 aromatic rings. The minimum atomic E-state index is 0.757. The first-order valence-corrected chi connectivity index (χ1v) is 8.17. The fourth-order valence-corrected chi connectivity index (χ4v) is 3.05. The van der Waals surface area contributed by atoms with Crippen LogP contribution in [0.2, 0.25) is 0 Å². The molecular weight excluding hydrogens is 254 g/mol. The fourth-order valence-electron chi connectivity index (χ4n) is 2.61. The smallest absolute Gasteiger partial charge is 0.123 e. The van der Waals surface area contributed by atoms with Crippen LogP contribution in [0.1, 0.15) is 29.1 Å². The number of thioether (sulfide) groups is 1. The van der Waals surface area contributed by atoms with Crippen LogP contribution in [-0.2, 0) is 25.1 Å². The molecule has 0 bridgehead atoms. The number of anilines is 1. The Kier molecular flexibility index (Phi) is 3.83. The van der Waals surface area contributed by atoms with E-state index in [4.69, 9.17) is 4.42 Å². The summed E-state index contributed by atoms with van der Waals surface area (Å²) < 4.78 is 5.76. The minimum absolute atomic E-state index is 0.757. The number of nitrogens with one attached hydrogen (secondary N) is 1. The molecule has 0 atom stereocenters. The molecule has 1 aromatic carbocycles. The molecular formula is C16H19NOS. The zero-order valence-electron chi connectivity index (χ0n) is 11.2. The van der Waals surface area contributed by atoms with Crippen molar-refractivity contribution in [2.45, 2.75) is 31.6 Å². The molecule has 1 N–H and O–H groups in total. The molecule has 1 heterocycles. The molecule has 1 aromatic heterocycles. The molecule has 1 aliphatic carbocycles. The summed E-state index contributed by atoms with van der Waals surface area (Å²) >= 11 is 1.78. The third-order valence-corrected chi connectivity index (χ3v) is 4.14. The first-order chi connectivity index (χ1) is 9.35. The number of aryl methyl sites for hydroxylation is 2. The fraction of sp³-hybridized carbons (Fsp3) is 0.375. The van der Waals surface area contributed by atoms with Gasteiger partial charge in [0.15, 0.2) is 0 Å². The Labute approximate surface area is 118 Å². The van der Waals surface area contributed by atoms with Crippen LogP contribution in [0.5, 0.6) is 0 Å². The Hall–Kier alpha value is -1.35. The maximum absolute atomic E-state index is 5.76. The van der Waals surface area contributed by atoms with Gasteiger partial charge in [-0.1, -0.05) is 6.07 Å². The highest BCUT2D eigenvalue weighted by molar-refractivity contribution is 7.97. The van der Waals surface area contributed by atoms with E-state index < -0.39 is 0 Å². The van der Waals surface area contributed by atoms with Gasteiger partial charge in [0, 0.05) is 5.69 Å². The predicted octanol–water partition coefficient (Wildman–Crippen LogP) is 4.24. The van der Waals surface area contributed by atoms with Gasteiger partial charge in [0.1, 0.15) is 11.5 Å². The van der Waals surface area contributed by atoms with Crippen molar-refractivity contribution < 1.29 is 4.42 Å². The normalized spacial score (nSPS) is 13.5. The van der Waals surface area contributed by atoms with Crippen molar-refractivity contribution in [1.82, 2.24) is 0 Å². The van der Waals surface area contributed by atoms with Gasteiger partial charge in [-0.2, -0.15) is 11.8 Å². The molecule has 0 aliphatic heterocycles. The van der Waals surface area contributed by atoms with E-state index in [1.807, 2.05) is 0 Å². The average molecular weight is 273 g/mol. The highest BCUT2D eigenvalue weighted by Crippen LogP contribution is 2.25. The number of benzene rings is 1. The van der Waals surface area contributed by atoms with Gasteiger partial charge in [-0.25, -0.2) is 0 Å². The van der Waals surface area contributed by atoms with Crippen molar-refractivity contribution >= 4 is 17.4 Å². The molecule has 0 unspecified atom stereocenters. The third-order valence-electron chi connectivity index (χ3n) is 3.57. The molecule has 3 heteroatoms. The van der Waals surface area contributed by atoms with Crippen LogP contribution in [0, 0.1) is 0 Å². The number of furan rings is 1. The Morgan fingerprint density at radius 3 is 2.84 bits per heavy atom. The summed E-state index contributed by atoms with van der Waals surface area (Å²) in [6.07, 6.45) is 5.86. The molecule has 0 fully saturated rings. The minimum Gasteiger partial charge on any atom is -0.463 e. The summed E-state index contributed by atoms with van der Waals surface area (Å²) in [5.41, 5.74) is 4.22. The molecule has 0 saturated carbocycles. The van der Waals surface area contributed by atoms with E-state index in [2.05, 4.69) is 41.9 Å². The van der Waals surface area contributed by atoms with Crippen LogP contribution in [-0.4, -0.2) is 6.26 Å². The quantitative estimate of drug-likeness (QED) is 0.882. The summed E-state index contributed by atoms with van der Waals surface area (Å²) in [5.74, 6) is 3.00. The largest absolute Gasteiger partial charge is 0.463 e. The molecule has 1 aliphatic rings. The Morgan fingerprint density at radius 2 is 1.95 bits per heavy atom. The van der Waals surface area contributed by atoms with E-state index in [9.17, 15) is 0 Å². The van der Waals surface area contributed by atoms with Crippen LogP contribution < -0.4 is 5.32 Å². The van der Waals surface area contributed by atoms with Crippen molar-refractivity contribution in [2.24, 2.45) is 0 Å². The van der Waals surface area contributed by atoms with Crippen LogP contribution in [0.25, 0.3) is 0 Å². The SMILES string of the molecule is CSCc1ccc(CNc2ccc3c(c2)CCC3)o1. The first-order valence-electron chi connectivity index (χ1n) is 6.77. The molecule has 3 rings (SSSR count). The molecule has 100 valence electrons. The lowest BCUT2D eigenvalue weighted by molar-refractivity contribution is 0.487. The molecule has 0 spiro atoms. The maximum atomic E-state index is 5.76. The van der Waals surface area contributed by atoms with Gasteiger partial charge in [-0.05, 0) is 60.9 Å². The lowest BCUT2D eigenvalue weighted by Gasteiger charge is -2.07. The first kappa shape index (κ1) is 12.7. The van der Waals surface area contributed by atoms with Crippen LogP contribution >= 0.6 is 11.8 Å². The van der Waals surface area contributed by atoms with Gasteiger partial charge in [-0.15, -0.1) is 0 Å². The number of hydrogen-bond acceptors (Lipinski definition) is 3. The molecule has 0 amide bonds. The van der Waals surface area contributed by atoms with Gasteiger partial charge in [-0.3, -0.25) is 0 Å². The number of hydrogen-bond donors (Lipinski definition) is 1. The standard InChI is InChI=1S/C16H19NOS/c1-19-11-16-8-7-15(18-16)10-17-14-6-5-12-3-2-4-13(12)9-14/h5-9,17H,2-4,10-11H2,1H3. The van der Waals surface area contributed by atoms with Crippen molar-refractivity contribution in [3.05, 3.63) is 53.0 Å². The lowest BCUT2D eigenvalue weighted by Crippen LogP contribution is -1.98. The van der Waals surface area contributed by atoms with Gasteiger partial charge in [0.2, 0.25) is 0 Å². The van der Waals surface area contributed by atoms with Gasteiger partial charge < -0.3 is 9.73 Å². The molecule has 0 saturated heterocycles. The monoisotopic (exact) mass is 273 g/mol. The van der Waals surface area contributed by atoms with Crippen molar-refractivity contribution in [3.8, 4) is 0 Å². The number of rotatable bonds is 5. The van der Waals surface area contributed by atoms with E-state index >= 15 is 0 Å². The van der Waals surface area contributed by atoms with Crippen molar-refractivity contribution in [1.29, 1.82) is 0 Å². The Bertz CT molecular complexity index is 562. The summed E-state index contributed by atoms with van der Waals surface area (Å²) in [5, 5.41) is 3.45. The molecule has 2 nitrogen and oxygen atoms in total. The third kappa shape index (κ3) is 2.98. The highest BCUT2D eigenvalue weighted by Gasteiger charge is 2.10. The van der Waals surface area contributed by atoms with Gasteiger partial charge in [0.05, 0.1) is 12.3 Å². The van der Waals surface area contributed by atoms with E-state index in [0.717, 1.165) is 23.8 Å². The van der Waals surface area contributed by atoms with Crippen LogP contribution in [0.15, 0.2) is 34.7 Å². The summed E-state index contributed by atoms with van der Waals surface area (Å²) in [6, 6.07) is 10.8. The number of fused-ring (bicyclic) bond motifs is 1. The van der Waals surface area contributed by atoms with Crippen LogP contribution in [0.4, 0.5) is 5.69 Å². The van der Waals surface area contributed by atoms with E-state index in [-0.39, 0.29) is 0 Å². The van der Waals surface area contributed by atoms with Gasteiger partial charge >= 0.3 is 0 Å². The topological polar surface area (TPSA) is 25.2 Å². The molecule has 19 heavy (non-hydrogen) atoms. The van der Waals surface area contributed by atoms with Gasteiger partial charge in [0.25, 0.3) is 0 Å². The summed E-state index contributed by atoms with van der Waals surface area (Å²) in [7, 11) is 0. The second kappa shape index (κ2) is 5.74. The summed E-state index contributed by atoms with van der Waals surface area (Å²) in [6.45, 7) is 0.757. The Balaban J connectivity index is 1.62. The van der Waals surface area contributed by atoms with E-state index in [1.54, 1.807) is 11.8 Å². The van der Waals surface area contributed by atoms with Crippen molar-refractivity contribution in [3.63, 3.8) is 0 Å². The average Bonchev–Trinajstić information content (AvgIpc) is 3.04. The highest BCUT2D eigenvalue weighted by atomic mass is 32.2. The zero-order chi connectivity index (χ0) is 13.1. The lowest BCUT2D eigenvalue weighted by atomic mass is 10.1. The maximum Gasteiger partial charge on any atom is 0.123 e. The van der Waals surface area contributed by atoms with Crippen molar-refractivity contribution in [2.75, 3.05) is 11.6 Å². The van der Waals surface area contributed by atoms with E-state index in [1.165, 1.54) is 36.1 Å². The second-order valence-electron chi connectivity index (χ2n) is 4.99. The second-order valence-corrected chi connectivity index (χ2v) is 5.86. The Morgan fingerprint density at radius 1 is 1.11 bits per heavy atom. The molecule has 0 radical (unpaired) electrons. The van der Waals surface area contributed by atoms with Crippen LogP contribution in [0.3, 0.4) is 0 Å². The van der Waals surface area contributed by atoms with E-state index in [0.29, 0.717) is 0 Å². The predicted molar refractivity (Wildman–Crippen MR) is 81.7 cm³/mol. The summed E-state index contributed by atoms with van der Waals surface area (Å²) in [4.78, 5) is 0.